The number of hydrogen-bond donors (Lipinski definition) is 0. The highest BCUT2D eigenvalue weighted by Crippen LogP contribution is 2.17. The predicted octanol–water partition coefficient (Wildman–Crippen LogP) is 23.6. The summed E-state index contributed by atoms with van der Waals surface area (Å²) in [6.07, 6.45) is 91.4. The summed E-state index contributed by atoms with van der Waals surface area (Å²) in [6, 6.07) is 0. The second-order valence-corrected chi connectivity index (χ2v) is 22.7. The zero-order valence-electron chi connectivity index (χ0n) is 52.8. The van der Waals surface area contributed by atoms with Gasteiger partial charge in [-0.1, -0.05) is 317 Å². The van der Waals surface area contributed by atoms with Gasteiger partial charge in [0.15, 0.2) is 6.10 Å². The molecule has 0 N–H and O–H groups in total. The van der Waals surface area contributed by atoms with Gasteiger partial charge < -0.3 is 14.2 Å². The molecular formula is C74H128O6. The maximum Gasteiger partial charge on any atom is 0.306 e. The minimum atomic E-state index is -0.781. The van der Waals surface area contributed by atoms with Gasteiger partial charge in [-0.05, 0) is 96.3 Å². The summed E-state index contributed by atoms with van der Waals surface area (Å²) < 4.78 is 16.9. The number of ether oxygens (including phenoxy) is 3. The van der Waals surface area contributed by atoms with Gasteiger partial charge in [-0.2, -0.15) is 0 Å². The summed E-state index contributed by atoms with van der Waals surface area (Å²) in [5.41, 5.74) is 0. The normalized spacial score (nSPS) is 12.7. The van der Waals surface area contributed by atoms with E-state index in [1.54, 1.807) is 0 Å². The molecule has 0 spiro atoms. The van der Waals surface area contributed by atoms with Gasteiger partial charge in [-0.15, -0.1) is 0 Å². The van der Waals surface area contributed by atoms with E-state index in [0.717, 1.165) is 116 Å². The maximum atomic E-state index is 12.9. The molecule has 0 saturated carbocycles. The molecule has 0 aliphatic carbocycles. The van der Waals surface area contributed by atoms with E-state index >= 15 is 0 Å². The Bertz CT molecular complexity index is 1560. The van der Waals surface area contributed by atoms with Crippen molar-refractivity contribution in [1.82, 2.24) is 0 Å². The monoisotopic (exact) mass is 1110 g/mol. The molecule has 1 atom stereocenters. The topological polar surface area (TPSA) is 78.9 Å². The minimum absolute atomic E-state index is 0.0780. The number of carbonyl (C=O) groups is 3. The molecule has 0 saturated heterocycles. The summed E-state index contributed by atoms with van der Waals surface area (Å²) in [5, 5.41) is 0. The van der Waals surface area contributed by atoms with Crippen LogP contribution in [-0.4, -0.2) is 37.2 Å². The van der Waals surface area contributed by atoms with Crippen LogP contribution in [0, 0.1) is 0 Å². The molecule has 6 heteroatoms. The largest absolute Gasteiger partial charge is 0.462 e. The van der Waals surface area contributed by atoms with Crippen LogP contribution in [0.5, 0.6) is 0 Å². The van der Waals surface area contributed by atoms with Crippen molar-refractivity contribution in [2.75, 3.05) is 13.2 Å². The first-order valence-corrected chi connectivity index (χ1v) is 34.2. The van der Waals surface area contributed by atoms with Crippen molar-refractivity contribution in [3.05, 3.63) is 97.2 Å². The third-order valence-corrected chi connectivity index (χ3v) is 14.8. The fourth-order valence-corrected chi connectivity index (χ4v) is 9.70. The maximum absolute atomic E-state index is 12.9. The second-order valence-electron chi connectivity index (χ2n) is 22.7. The summed E-state index contributed by atoms with van der Waals surface area (Å²) in [6.45, 7) is 6.51. The number of rotatable bonds is 62. The number of hydrogen-bond acceptors (Lipinski definition) is 6. The fourth-order valence-electron chi connectivity index (χ4n) is 9.70. The van der Waals surface area contributed by atoms with E-state index in [-0.39, 0.29) is 31.1 Å². The molecule has 0 aliphatic heterocycles. The number of allylic oxidation sites excluding steroid dienone is 16. The lowest BCUT2D eigenvalue weighted by Crippen LogP contribution is -2.30. The Morgan fingerprint density at radius 1 is 0.263 bits per heavy atom. The van der Waals surface area contributed by atoms with E-state index < -0.39 is 6.10 Å². The zero-order valence-corrected chi connectivity index (χ0v) is 52.8. The van der Waals surface area contributed by atoms with Gasteiger partial charge in [-0.3, -0.25) is 14.4 Å². The van der Waals surface area contributed by atoms with Crippen LogP contribution < -0.4 is 0 Å². The van der Waals surface area contributed by atoms with Crippen LogP contribution in [-0.2, 0) is 28.6 Å². The van der Waals surface area contributed by atoms with Crippen LogP contribution in [0.15, 0.2) is 97.2 Å². The van der Waals surface area contributed by atoms with Crippen LogP contribution >= 0.6 is 0 Å². The molecule has 0 aromatic rings. The molecule has 0 rings (SSSR count). The lowest BCUT2D eigenvalue weighted by Gasteiger charge is -2.18. The first-order valence-electron chi connectivity index (χ1n) is 34.2. The van der Waals surface area contributed by atoms with E-state index in [1.807, 2.05) is 0 Å². The third kappa shape index (κ3) is 65.1. The van der Waals surface area contributed by atoms with Crippen molar-refractivity contribution in [1.29, 1.82) is 0 Å². The molecule has 0 fully saturated rings. The van der Waals surface area contributed by atoms with E-state index in [0.29, 0.717) is 19.3 Å². The molecule has 0 heterocycles. The van der Waals surface area contributed by atoms with Crippen LogP contribution in [0.3, 0.4) is 0 Å². The van der Waals surface area contributed by atoms with Crippen molar-refractivity contribution in [3.63, 3.8) is 0 Å². The van der Waals surface area contributed by atoms with Crippen LogP contribution in [0.25, 0.3) is 0 Å². The van der Waals surface area contributed by atoms with Crippen molar-refractivity contribution in [2.45, 2.75) is 341 Å². The van der Waals surface area contributed by atoms with Gasteiger partial charge in [0.1, 0.15) is 13.2 Å². The van der Waals surface area contributed by atoms with Gasteiger partial charge in [0.25, 0.3) is 0 Å². The highest BCUT2D eigenvalue weighted by molar-refractivity contribution is 5.71. The highest BCUT2D eigenvalue weighted by atomic mass is 16.6. The molecule has 0 aromatic heterocycles. The van der Waals surface area contributed by atoms with Crippen LogP contribution in [0.2, 0.25) is 0 Å². The summed E-state index contributed by atoms with van der Waals surface area (Å²) in [7, 11) is 0. The molecule has 80 heavy (non-hydrogen) atoms. The lowest BCUT2D eigenvalue weighted by atomic mass is 10.0. The molecule has 460 valence electrons. The average Bonchev–Trinajstić information content (AvgIpc) is 3.46. The smallest absolute Gasteiger partial charge is 0.306 e. The SMILES string of the molecule is CC/C=C\C/C=C\C/C=C\C/C=C\C/C=C\C/C=C\CCCCCCCCCCCCCCCCC(=O)OCC(COC(=O)CCCCCCC/C=C\C/C=C\CCCC)OC(=O)CCCCCCCCCCCCCCCCC. The van der Waals surface area contributed by atoms with Crippen molar-refractivity contribution >= 4 is 17.9 Å². The first-order chi connectivity index (χ1) is 39.5. The second kappa shape index (κ2) is 67.8. The van der Waals surface area contributed by atoms with E-state index in [9.17, 15) is 14.4 Å². The molecule has 6 nitrogen and oxygen atoms in total. The Hall–Kier alpha value is -3.67. The highest BCUT2D eigenvalue weighted by Gasteiger charge is 2.19. The van der Waals surface area contributed by atoms with Gasteiger partial charge in [0, 0.05) is 19.3 Å². The zero-order chi connectivity index (χ0) is 57.8. The van der Waals surface area contributed by atoms with Crippen LogP contribution in [0.4, 0.5) is 0 Å². The number of esters is 3. The number of carbonyl (C=O) groups excluding carboxylic acids is 3. The van der Waals surface area contributed by atoms with E-state index in [1.165, 1.54) is 180 Å². The standard InChI is InChI=1S/C74H128O6/c1-4-7-10-13-16-19-22-25-28-29-30-31-32-33-34-35-36-37-38-39-40-41-42-43-44-45-47-49-52-55-58-61-64-67-73(76)79-70-71(69-78-72(75)66-63-60-57-54-51-48-27-24-21-18-15-12-9-6-3)80-74(77)68-65-62-59-56-53-50-46-26-23-20-17-14-11-8-5-2/h7,10,15-16,18-19,24-25,27-28,30-31,33-34,36-37,71H,4-6,8-9,11-14,17,20-23,26,29,32,35,38-70H2,1-3H3/b10-7-,18-15-,19-16-,27-24-,28-25-,31-30-,34-33-,37-36-. The van der Waals surface area contributed by atoms with Gasteiger partial charge >= 0.3 is 17.9 Å². The Morgan fingerprint density at radius 3 is 0.800 bits per heavy atom. The summed E-state index contributed by atoms with van der Waals surface area (Å²) in [4.78, 5) is 38.3. The van der Waals surface area contributed by atoms with Crippen LogP contribution in [0.1, 0.15) is 335 Å². The fraction of sp³-hybridized carbons (Fsp3) is 0.743. The van der Waals surface area contributed by atoms with Crippen molar-refractivity contribution < 1.29 is 28.6 Å². The molecule has 0 bridgehead atoms. The summed E-state index contributed by atoms with van der Waals surface area (Å²) in [5.74, 6) is -0.877. The average molecular weight is 1110 g/mol. The predicted molar refractivity (Wildman–Crippen MR) is 348 cm³/mol. The lowest BCUT2D eigenvalue weighted by molar-refractivity contribution is -0.167. The molecule has 0 radical (unpaired) electrons. The van der Waals surface area contributed by atoms with Crippen molar-refractivity contribution in [3.8, 4) is 0 Å². The van der Waals surface area contributed by atoms with Crippen molar-refractivity contribution in [2.24, 2.45) is 0 Å². The van der Waals surface area contributed by atoms with Gasteiger partial charge in [0.2, 0.25) is 0 Å². The van der Waals surface area contributed by atoms with E-state index in [2.05, 4.69) is 118 Å². The molecule has 0 aliphatic rings. The minimum Gasteiger partial charge on any atom is -0.462 e. The Morgan fingerprint density at radius 2 is 0.500 bits per heavy atom. The quantitative estimate of drug-likeness (QED) is 0.0261. The molecular weight excluding hydrogens is 985 g/mol. The van der Waals surface area contributed by atoms with Gasteiger partial charge in [0.05, 0.1) is 0 Å². The Balaban J connectivity index is 4.19. The Labute approximate surface area is 496 Å². The molecule has 1 unspecified atom stereocenters. The van der Waals surface area contributed by atoms with Gasteiger partial charge in [-0.25, -0.2) is 0 Å². The van der Waals surface area contributed by atoms with E-state index in [4.69, 9.17) is 14.2 Å². The summed E-state index contributed by atoms with van der Waals surface area (Å²) >= 11 is 0. The Kier molecular flexibility index (Phi) is 64.7. The third-order valence-electron chi connectivity index (χ3n) is 14.8. The molecule has 0 amide bonds. The molecule has 0 aromatic carbocycles. The number of unbranched alkanes of at least 4 members (excludes halogenated alkanes) is 35. The first kappa shape index (κ1) is 76.3.